The summed E-state index contributed by atoms with van der Waals surface area (Å²) < 4.78 is 5.67. The molecule has 1 heterocycles. The van der Waals surface area contributed by atoms with Crippen molar-refractivity contribution in [1.82, 2.24) is 20.3 Å². The van der Waals surface area contributed by atoms with Crippen molar-refractivity contribution in [2.45, 2.75) is 40.5 Å². The zero-order valence-corrected chi connectivity index (χ0v) is 22.0. The maximum absolute atomic E-state index is 12.6. The van der Waals surface area contributed by atoms with Crippen molar-refractivity contribution < 1.29 is 9.53 Å². The summed E-state index contributed by atoms with van der Waals surface area (Å²) in [4.78, 5) is 14.3. The third-order valence-corrected chi connectivity index (χ3v) is 5.90. The molecule has 0 fully saturated rings. The van der Waals surface area contributed by atoms with Crippen molar-refractivity contribution in [3.05, 3.63) is 77.4 Å². The molecular formula is C28H31N5O2S. The van der Waals surface area contributed by atoms with E-state index in [1.54, 1.807) is 29.1 Å². The number of rotatable bonds is 7. The molecule has 0 saturated heterocycles. The second-order valence-corrected chi connectivity index (χ2v) is 9.94. The normalized spacial score (nSPS) is 11.2. The summed E-state index contributed by atoms with van der Waals surface area (Å²) in [5.74, 6) is 1.33. The van der Waals surface area contributed by atoms with E-state index in [0.717, 1.165) is 33.7 Å². The zero-order valence-electron chi connectivity index (χ0n) is 21.2. The van der Waals surface area contributed by atoms with Gasteiger partial charge in [0, 0.05) is 11.3 Å². The molecule has 4 aromatic rings. The molecule has 36 heavy (non-hydrogen) atoms. The van der Waals surface area contributed by atoms with Crippen molar-refractivity contribution in [3.8, 4) is 11.4 Å². The number of hydrogen-bond acceptors (Lipinski definition) is 5. The van der Waals surface area contributed by atoms with E-state index in [0.29, 0.717) is 24.0 Å². The minimum absolute atomic E-state index is 0.208. The molecule has 8 heteroatoms. The van der Waals surface area contributed by atoms with Gasteiger partial charge in [-0.25, -0.2) is 0 Å². The standard InChI is InChI=1S/C28H31N5O2S/c1-17(2)16-35-23-12-8-21(9-13-23)27(34)30-28(36)29-24-15-26-25(14-19(24)5)31-33(32-26)22-10-6-20(7-11-22)18(3)4/h6-15,17-18H,16H2,1-5H3,(H2,29,30,34,36). The van der Waals surface area contributed by atoms with Crippen LogP contribution < -0.4 is 15.4 Å². The summed E-state index contributed by atoms with van der Waals surface area (Å²) in [6, 6.07) is 19.1. The molecule has 186 valence electrons. The average Bonchev–Trinajstić information content (AvgIpc) is 3.25. The van der Waals surface area contributed by atoms with Gasteiger partial charge in [-0.1, -0.05) is 39.8 Å². The molecule has 0 bridgehead atoms. The van der Waals surface area contributed by atoms with Crippen LogP contribution in [0.5, 0.6) is 5.75 Å². The van der Waals surface area contributed by atoms with Gasteiger partial charge in [0.25, 0.3) is 5.91 Å². The first-order valence-electron chi connectivity index (χ1n) is 12.0. The minimum atomic E-state index is -0.294. The van der Waals surface area contributed by atoms with Crippen LogP contribution in [0.25, 0.3) is 16.7 Å². The molecule has 0 aliphatic heterocycles. The number of ether oxygens (including phenoxy) is 1. The number of fused-ring (bicyclic) bond motifs is 1. The van der Waals surface area contributed by atoms with Crippen LogP contribution >= 0.6 is 12.2 Å². The number of carbonyl (C=O) groups is 1. The maximum atomic E-state index is 12.6. The molecule has 2 N–H and O–H groups in total. The number of aryl methyl sites for hydroxylation is 1. The second kappa shape index (κ2) is 10.9. The van der Waals surface area contributed by atoms with Gasteiger partial charge in [-0.05, 0) is 90.6 Å². The number of amides is 1. The van der Waals surface area contributed by atoms with Crippen LogP contribution in [0.2, 0.25) is 0 Å². The minimum Gasteiger partial charge on any atom is -0.493 e. The SMILES string of the molecule is Cc1cc2nn(-c3ccc(C(C)C)cc3)nc2cc1NC(=S)NC(=O)c1ccc(OCC(C)C)cc1. The number of nitrogens with one attached hydrogen (secondary N) is 2. The smallest absolute Gasteiger partial charge is 0.257 e. The Morgan fingerprint density at radius 1 is 0.972 bits per heavy atom. The van der Waals surface area contributed by atoms with E-state index >= 15 is 0 Å². The Bertz CT molecular complexity index is 1380. The lowest BCUT2D eigenvalue weighted by atomic mass is 10.0. The van der Waals surface area contributed by atoms with Crippen molar-refractivity contribution >= 4 is 40.0 Å². The van der Waals surface area contributed by atoms with Crippen molar-refractivity contribution in [2.24, 2.45) is 5.92 Å². The van der Waals surface area contributed by atoms with Crippen LogP contribution in [0.4, 0.5) is 5.69 Å². The Morgan fingerprint density at radius 2 is 1.61 bits per heavy atom. The highest BCUT2D eigenvalue weighted by molar-refractivity contribution is 7.80. The number of anilines is 1. The number of aromatic nitrogens is 3. The van der Waals surface area contributed by atoms with Gasteiger partial charge >= 0.3 is 0 Å². The number of carbonyl (C=O) groups excluding carboxylic acids is 1. The molecule has 0 atom stereocenters. The predicted molar refractivity (Wildman–Crippen MR) is 148 cm³/mol. The summed E-state index contributed by atoms with van der Waals surface area (Å²) in [6.07, 6.45) is 0. The number of thiocarbonyl (C=S) groups is 1. The first-order chi connectivity index (χ1) is 17.2. The van der Waals surface area contributed by atoms with E-state index in [9.17, 15) is 4.79 Å². The first kappa shape index (κ1) is 25.3. The highest BCUT2D eigenvalue weighted by atomic mass is 32.1. The van der Waals surface area contributed by atoms with E-state index in [1.807, 2.05) is 31.2 Å². The van der Waals surface area contributed by atoms with Gasteiger partial charge in [-0.15, -0.1) is 10.2 Å². The highest BCUT2D eigenvalue weighted by Gasteiger charge is 2.12. The van der Waals surface area contributed by atoms with E-state index in [2.05, 4.69) is 60.7 Å². The molecular weight excluding hydrogens is 470 g/mol. The fraction of sp³-hybridized carbons (Fsp3) is 0.286. The molecule has 4 rings (SSSR count). The Hall–Kier alpha value is -3.78. The lowest BCUT2D eigenvalue weighted by molar-refractivity contribution is 0.0977. The van der Waals surface area contributed by atoms with Crippen molar-refractivity contribution in [2.75, 3.05) is 11.9 Å². The van der Waals surface area contributed by atoms with Crippen LogP contribution in [-0.2, 0) is 0 Å². The Morgan fingerprint density at radius 3 is 2.22 bits per heavy atom. The van der Waals surface area contributed by atoms with Gasteiger partial charge in [0.1, 0.15) is 16.8 Å². The molecule has 0 aliphatic carbocycles. The van der Waals surface area contributed by atoms with Gasteiger partial charge in [-0.3, -0.25) is 10.1 Å². The fourth-order valence-electron chi connectivity index (χ4n) is 3.60. The largest absolute Gasteiger partial charge is 0.493 e. The topological polar surface area (TPSA) is 81.1 Å². The molecule has 0 spiro atoms. The Balaban J connectivity index is 1.43. The molecule has 1 aromatic heterocycles. The summed E-state index contributed by atoms with van der Waals surface area (Å²) in [5, 5.41) is 15.3. The summed E-state index contributed by atoms with van der Waals surface area (Å²) in [5.41, 5.74) is 5.85. The van der Waals surface area contributed by atoms with E-state index < -0.39 is 0 Å². The van der Waals surface area contributed by atoms with Crippen molar-refractivity contribution in [1.29, 1.82) is 0 Å². The summed E-state index contributed by atoms with van der Waals surface area (Å²) in [7, 11) is 0. The number of benzene rings is 3. The molecule has 7 nitrogen and oxygen atoms in total. The Labute approximate surface area is 216 Å². The van der Waals surface area contributed by atoms with Crippen LogP contribution in [0.3, 0.4) is 0 Å². The Kier molecular flexibility index (Phi) is 7.64. The van der Waals surface area contributed by atoms with E-state index in [1.165, 1.54) is 5.56 Å². The van der Waals surface area contributed by atoms with Crippen molar-refractivity contribution in [3.63, 3.8) is 0 Å². The molecule has 0 saturated carbocycles. The number of nitrogens with zero attached hydrogens (tertiary/aromatic N) is 3. The second-order valence-electron chi connectivity index (χ2n) is 9.53. The molecule has 1 amide bonds. The van der Waals surface area contributed by atoms with Crippen LogP contribution in [0, 0.1) is 12.8 Å². The lowest BCUT2D eigenvalue weighted by Crippen LogP contribution is -2.34. The lowest BCUT2D eigenvalue weighted by Gasteiger charge is -2.12. The third-order valence-electron chi connectivity index (χ3n) is 5.69. The maximum Gasteiger partial charge on any atom is 0.257 e. The van der Waals surface area contributed by atoms with Gasteiger partial charge in [-0.2, -0.15) is 4.80 Å². The summed E-state index contributed by atoms with van der Waals surface area (Å²) >= 11 is 5.40. The van der Waals surface area contributed by atoms with Crippen LogP contribution in [0.15, 0.2) is 60.7 Å². The van der Waals surface area contributed by atoms with E-state index in [-0.39, 0.29) is 11.0 Å². The molecule has 0 unspecified atom stereocenters. The molecule has 0 radical (unpaired) electrons. The molecule has 3 aromatic carbocycles. The van der Waals surface area contributed by atoms with Crippen LogP contribution in [-0.4, -0.2) is 32.6 Å². The average molecular weight is 502 g/mol. The first-order valence-corrected chi connectivity index (χ1v) is 12.4. The van der Waals surface area contributed by atoms with Gasteiger partial charge in [0.05, 0.1) is 12.3 Å². The quantitative estimate of drug-likeness (QED) is 0.302. The highest BCUT2D eigenvalue weighted by Crippen LogP contribution is 2.23. The fourth-order valence-corrected chi connectivity index (χ4v) is 3.81. The van der Waals surface area contributed by atoms with Gasteiger partial charge < -0.3 is 10.1 Å². The van der Waals surface area contributed by atoms with Gasteiger partial charge in [0.2, 0.25) is 0 Å². The number of hydrogen-bond donors (Lipinski definition) is 2. The summed E-state index contributed by atoms with van der Waals surface area (Å²) in [6.45, 7) is 11.1. The predicted octanol–water partition coefficient (Wildman–Crippen LogP) is 6.01. The van der Waals surface area contributed by atoms with E-state index in [4.69, 9.17) is 17.0 Å². The third kappa shape index (κ3) is 6.07. The van der Waals surface area contributed by atoms with Gasteiger partial charge in [0.15, 0.2) is 5.11 Å². The molecule has 0 aliphatic rings. The monoisotopic (exact) mass is 501 g/mol. The zero-order chi connectivity index (χ0) is 25.8. The van der Waals surface area contributed by atoms with Crippen LogP contribution in [0.1, 0.15) is 55.1 Å².